The summed E-state index contributed by atoms with van der Waals surface area (Å²) < 4.78 is 0. The first-order valence-electron chi connectivity index (χ1n) is 9.42. The van der Waals surface area contributed by atoms with Crippen LogP contribution in [0.1, 0.15) is 31.2 Å². The largest absolute Gasteiger partial charge is 0.342 e. The van der Waals surface area contributed by atoms with E-state index in [1.54, 1.807) is 4.90 Å². The van der Waals surface area contributed by atoms with Gasteiger partial charge in [0.15, 0.2) is 0 Å². The Morgan fingerprint density at radius 2 is 1.69 bits per heavy atom. The summed E-state index contributed by atoms with van der Waals surface area (Å²) in [5, 5.41) is 3.00. The second-order valence-corrected chi connectivity index (χ2v) is 7.37. The maximum Gasteiger partial charge on any atom is 0.227 e. The van der Waals surface area contributed by atoms with Crippen LogP contribution < -0.4 is 5.32 Å². The van der Waals surface area contributed by atoms with Gasteiger partial charge >= 0.3 is 0 Å². The monoisotopic (exact) mass is 357 g/mol. The molecule has 6 nitrogen and oxygen atoms in total. The molecule has 6 heteroatoms. The summed E-state index contributed by atoms with van der Waals surface area (Å²) in [5.41, 5.74) is 1.95. The molecule has 0 aromatic heterocycles. The third-order valence-electron chi connectivity index (χ3n) is 5.51. The first-order valence-corrected chi connectivity index (χ1v) is 9.42. The molecule has 1 saturated carbocycles. The SMILES string of the molecule is Cc1cccc(NC(=O)C2CCC(C(=O)N3CCN(C=O)CC3)CC2)c1. The van der Waals surface area contributed by atoms with Gasteiger partial charge in [-0.1, -0.05) is 12.1 Å². The van der Waals surface area contributed by atoms with Crippen molar-refractivity contribution in [2.45, 2.75) is 32.6 Å². The smallest absolute Gasteiger partial charge is 0.227 e. The van der Waals surface area contributed by atoms with Crippen molar-refractivity contribution in [3.8, 4) is 0 Å². The van der Waals surface area contributed by atoms with Crippen LogP contribution in [0.5, 0.6) is 0 Å². The highest BCUT2D eigenvalue weighted by atomic mass is 16.2. The van der Waals surface area contributed by atoms with Crippen molar-refractivity contribution in [3.63, 3.8) is 0 Å². The second-order valence-electron chi connectivity index (χ2n) is 7.37. The lowest BCUT2D eigenvalue weighted by Gasteiger charge is -2.36. The molecule has 0 bridgehead atoms. The Labute approximate surface area is 154 Å². The van der Waals surface area contributed by atoms with Crippen LogP contribution in [0.4, 0.5) is 5.69 Å². The predicted octanol–water partition coefficient (Wildman–Crippen LogP) is 2.04. The number of benzene rings is 1. The molecule has 0 spiro atoms. The average Bonchev–Trinajstić information content (AvgIpc) is 2.67. The molecule has 3 amide bonds. The van der Waals surface area contributed by atoms with Crippen LogP contribution in [-0.2, 0) is 14.4 Å². The summed E-state index contributed by atoms with van der Waals surface area (Å²) in [6.07, 6.45) is 3.88. The number of anilines is 1. The minimum Gasteiger partial charge on any atom is -0.342 e. The summed E-state index contributed by atoms with van der Waals surface area (Å²) >= 11 is 0. The van der Waals surface area contributed by atoms with E-state index in [9.17, 15) is 14.4 Å². The van der Waals surface area contributed by atoms with Gasteiger partial charge in [0, 0.05) is 43.7 Å². The molecule has 26 heavy (non-hydrogen) atoms. The van der Waals surface area contributed by atoms with Crippen molar-refractivity contribution in [2.75, 3.05) is 31.5 Å². The minimum absolute atomic E-state index is 0.0146. The lowest BCUT2D eigenvalue weighted by molar-refractivity contribution is -0.140. The molecule has 1 aromatic carbocycles. The van der Waals surface area contributed by atoms with Gasteiger partial charge in [0.25, 0.3) is 0 Å². The van der Waals surface area contributed by atoms with Gasteiger partial charge < -0.3 is 15.1 Å². The van der Waals surface area contributed by atoms with E-state index in [0.29, 0.717) is 26.2 Å². The third-order valence-corrected chi connectivity index (χ3v) is 5.51. The molecule has 1 aliphatic carbocycles. The van der Waals surface area contributed by atoms with E-state index in [2.05, 4.69) is 5.32 Å². The fourth-order valence-electron chi connectivity index (χ4n) is 3.88. The number of nitrogens with zero attached hydrogens (tertiary/aromatic N) is 2. The normalized spacial score (nSPS) is 23.4. The van der Waals surface area contributed by atoms with Crippen molar-refractivity contribution < 1.29 is 14.4 Å². The summed E-state index contributed by atoms with van der Waals surface area (Å²) in [6.45, 7) is 4.46. The van der Waals surface area contributed by atoms with Crippen LogP contribution in [-0.4, -0.2) is 54.2 Å². The Morgan fingerprint density at radius 1 is 1.04 bits per heavy atom. The summed E-state index contributed by atoms with van der Waals surface area (Å²) in [4.78, 5) is 39.5. The number of amides is 3. The molecule has 0 atom stereocenters. The highest BCUT2D eigenvalue weighted by molar-refractivity contribution is 5.92. The van der Waals surface area contributed by atoms with Crippen molar-refractivity contribution in [3.05, 3.63) is 29.8 Å². The van der Waals surface area contributed by atoms with Crippen LogP contribution in [0.25, 0.3) is 0 Å². The summed E-state index contributed by atoms with van der Waals surface area (Å²) in [5.74, 6) is 0.237. The van der Waals surface area contributed by atoms with Gasteiger partial charge in [0.2, 0.25) is 18.2 Å². The van der Waals surface area contributed by atoms with Gasteiger partial charge in [0.05, 0.1) is 0 Å². The Hall–Kier alpha value is -2.37. The van der Waals surface area contributed by atoms with Crippen molar-refractivity contribution >= 4 is 23.9 Å². The number of hydrogen-bond donors (Lipinski definition) is 1. The Kier molecular flexibility index (Phi) is 5.91. The highest BCUT2D eigenvalue weighted by Crippen LogP contribution is 2.31. The number of carbonyl (C=O) groups is 3. The Morgan fingerprint density at radius 3 is 2.31 bits per heavy atom. The number of piperazine rings is 1. The highest BCUT2D eigenvalue weighted by Gasteiger charge is 2.33. The van der Waals surface area contributed by atoms with Crippen molar-refractivity contribution in [1.29, 1.82) is 0 Å². The number of rotatable bonds is 4. The van der Waals surface area contributed by atoms with E-state index < -0.39 is 0 Å². The van der Waals surface area contributed by atoms with Gasteiger partial charge in [-0.25, -0.2) is 0 Å². The van der Waals surface area contributed by atoms with Gasteiger partial charge in [0.1, 0.15) is 0 Å². The molecule has 1 N–H and O–H groups in total. The first-order chi connectivity index (χ1) is 12.6. The molecular formula is C20H27N3O3. The molecule has 1 saturated heterocycles. The van der Waals surface area contributed by atoms with Crippen molar-refractivity contribution in [1.82, 2.24) is 9.80 Å². The van der Waals surface area contributed by atoms with Crippen molar-refractivity contribution in [2.24, 2.45) is 11.8 Å². The third kappa shape index (κ3) is 4.42. The van der Waals surface area contributed by atoms with E-state index in [-0.39, 0.29) is 23.7 Å². The standard InChI is InChI=1S/C20H27N3O3/c1-15-3-2-4-18(13-15)21-19(25)16-5-7-17(8-6-16)20(26)23-11-9-22(14-24)10-12-23/h2-4,13-14,16-17H,5-12H2,1H3,(H,21,25). The van der Waals surface area contributed by atoms with E-state index >= 15 is 0 Å². The molecule has 0 radical (unpaired) electrons. The number of nitrogens with one attached hydrogen (secondary N) is 1. The van der Waals surface area contributed by atoms with Crippen LogP contribution >= 0.6 is 0 Å². The number of carbonyl (C=O) groups excluding carboxylic acids is 3. The minimum atomic E-state index is -0.0218. The van der Waals surface area contributed by atoms with Crippen LogP contribution in [0.3, 0.4) is 0 Å². The molecule has 1 aliphatic heterocycles. The number of aryl methyl sites for hydroxylation is 1. The van der Waals surface area contributed by atoms with Gasteiger partial charge in [-0.2, -0.15) is 0 Å². The van der Waals surface area contributed by atoms with E-state index in [0.717, 1.165) is 43.3 Å². The van der Waals surface area contributed by atoms with Gasteiger partial charge in [-0.3, -0.25) is 14.4 Å². The molecule has 140 valence electrons. The molecule has 3 rings (SSSR count). The molecule has 1 aromatic rings. The zero-order chi connectivity index (χ0) is 18.5. The Balaban J connectivity index is 1.47. The fraction of sp³-hybridized carbons (Fsp3) is 0.550. The molecule has 2 aliphatic rings. The maximum atomic E-state index is 12.7. The second kappa shape index (κ2) is 8.34. The lowest BCUT2D eigenvalue weighted by atomic mass is 9.80. The van der Waals surface area contributed by atoms with Crippen LogP contribution in [0, 0.1) is 18.8 Å². The predicted molar refractivity (Wildman–Crippen MR) is 99.5 cm³/mol. The van der Waals surface area contributed by atoms with Crippen LogP contribution in [0.15, 0.2) is 24.3 Å². The van der Waals surface area contributed by atoms with Crippen LogP contribution in [0.2, 0.25) is 0 Å². The van der Waals surface area contributed by atoms with E-state index in [1.165, 1.54) is 0 Å². The first kappa shape index (κ1) is 18.4. The Bertz CT molecular complexity index is 660. The summed E-state index contributed by atoms with van der Waals surface area (Å²) in [7, 11) is 0. The molecule has 1 heterocycles. The number of hydrogen-bond acceptors (Lipinski definition) is 3. The zero-order valence-electron chi connectivity index (χ0n) is 15.3. The summed E-state index contributed by atoms with van der Waals surface area (Å²) in [6, 6.07) is 7.80. The molecule has 0 unspecified atom stereocenters. The average molecular weight is 357 g/mol. The lowest BCUT2D eigenvalue weighted by Crippen LogP contribution is -2.50. The topological polar surface area (TPSA) is 69.7 Å². The maximum absolute atomic E-state index is 12.7. The molecular weight excluding hydrogens is 330 g/mol. The van der Waals surface area contributed by atoms with Gasteiger partial charge in [-0.15, -0.1) is 0 Å². The van der Waals surface area contributed by atoms with E-state index in [4.69, 9.17) is 0 Å². The van der Waals surface area contributed by atoms with Gasteiger partial charge in [-0.05, 0) is 50.3 Å². The quantitative estimate of drug-likeness (QED) is 0.839. The zero-order valence-corrected chi connectivity index (χ0v) is 15.3. The van der Waals surface area contributed by atoms with E-state index in [1.807, 2.05) is 36.1 Å². The fourth-order valence-corrected chi connectivity index (χ4v) is 3.88. The molecule has 2 fully saturated rings.